The van der Waals surface area contributed by atoms with E-state index in [-0.39, 0.29) is 33.3 Å². The molecule has 7 heteroatoms. The van der Waals surface area contributed by atoms with Crippen molar-refractivity contribution in [3.63, 3.8) is 0 Å². The van der Waals surface area contributed by atoms with Gasteiger partial charge in [0.05, 0.1) is 12.0 Å². The number of rotatable bonds is 6. The van der Waals surface area contributed by atoms with Crippen molar-refractivity contribution in [1.82, 2.24) is 0 Å². The van der Waals surface area contributed by atoms with Crippen molar-refractivity contribution in [1.29, 1.82) is 0 Å². The van der Waals surface area contributed by atoms with Crippen molar-refractivity contribution in [2.45, 2.75) is 6.54 Å². The number of phenols is 1. The Morgan fingerprint density at radius 2 is 1.79 bits per heavy atom. The van der Waals surface area contributed by atoms with Crippen LogP contribution in [0.25, 0.3) is 12.2 Å². The van der Waals surface area contributed by atoms with Gasteiger partial charge in [0.2, 0.25) is 0 Å². The number of benzene rings is 2. The van der Waals surface area contributed by atoms with E-state index in [4.69, 9.17) is 4.74 Å². The lowest BCUT2D eigenvalue weighted by Crippen LogP contribution is -3.00. The number of phenolic OH excluding ortho intramolecular Hbond substituents is 1. The first-order valence-electron chi connectivity index (χ1n) is 8.33. The number of nitro groups is 1. The quantitative estimate of drug-likeness (QED) is 0.348. The van der Waals surface area contributed by atoms with Crippen LogP contribution in [0.5, 0.6) is 11.5 Å². The van der Waals surface area contributed by atoms with Gasteiger partial charge in [0.25, 0.3) is 5.69 Å². The molecule has 3 rings (SSSR count). The number of aromatic nitrogens is 1. The number of methoxy groups -OCH3 is 1. The second-order valence-electron chi connectivity index (χ2n) is 6.00. The number of aromatic hydroxyl groups is 1. The predicted octanol–water partition coefficient (Wildman–Crippen LogP) is 0.819. The number of pyridine rings is 1. The zero-order chi connectivity index (χ0) is 19.2. The van der Waals surface area contributed by atoms with Crippen LogP contribution in [-0.4, -0.2) is 17.1 Å². The molecule has 3 aromatic rings. The van der Waals surface area contributed by atoms with Gasteiger partial charge in [-0.2, -0.15) is 0 Å². The maximum Gasteiger partial charge on any atom is 0.269 e. The average molecular weight is 443 g/mol. The second-order valence-corrected chi connectivity index (χ2v) is 6.00. The highest BCUT2D eigenvalue weighted by Gasteiger charge is 2.09. The monoisotopic (exact) mass is 442 g/mol. The van der Waals surface area contributed by atoms with Crippen LogP contribution < -0.4 is 26.3 Å². The third kappa shape index (κ3) is 5.40. The van der Waals surface area contributed by atoms with Crippen LogP contribution in [0.15, 0.2) is 67.0 Å². The first-order chi connectivity index (χ1) is 13.0. The molecule has 0 radical (unpaired) electrons. The predicted molar refractivity (Wildman–Crippen MR) is 102 cm³/mol. The van der Waals surface area contributed by atoms with Crippen LogP contribution in [0.2, 0.25) is 0 Å². The minimum Gasteiger partial charge on any atom is -1.00 e. The molecule has 0 aliphatic rings. The molecule has 0 saturated heterocycles. The van der Waals surface area contributed by atoms with Crippen LogP contribution in [0.3, 0.4) is 0 Å². The highest BCUT2D eigenvalue weighted by molar-refractivity contribution is 5.70. The Morgan fingerprint density at radius 1 is 1.07 bits per heavy atom. The van der Waals surface area contributed by atoms with E-state index in [1.807, 2.05) is 47.3 Å². The summed E-state index contributed by atoms with van der Waals surface area (Å²) in [6, 6.07) is 15.7. The van der Waals surface area contributed by atoms with Crippen LogP contribution in [-0.2, 0) is 6.54 Å². The first-order valence-corrected chi connectivity index (χ1v) is 8.33. The fourth-order valence-electron chi connectivity index (χ4n) is 2.65. The van der Waals surface area contributed by atoms with E-state index in [1.54, 1.807) is 30.3 Å². The minimum absolute atomic E-state index is 0. The van der Waals surface area contributed by atoms with E-state index in [1.165, 1.54) is 13.2 Å². The third-order valence-corrected chi connectivity index (χ3v) is 4.08. The normalized spacial score (nSPS) is 10.5. The Hall–Kier alpha value is -3.19. The molecule has 1 N–H and O–H groups in total. The molecule has 0 aliphatic carbocycles. The number of halogens is 1. The summed E-state index contributed by atoms with van der Waals surface area (Å²) in [5.41, 5.74) is 2.89. The molecule has 0 bridgehead atoms. The summed E-state index contributed by atoms with van der Waals surface area (Å²) in [6.45, 7) is 0.556. The zero-order valence-electron chi connectivity index (χ0n) is 15.2. The first kappa shape index (κ1) is 21.1. The molecular formula is C21H19BrN2O4. The summed E-state index contributed by atoms with van der Waals surface area (Å²) in [7, 11) is 1.51. The maximum atomic E-state index is 10.9. The Balaban J connectivity index is 0.00000280. The minimum atomic E-state index is -0.389. The summed E-state index contributed by atoms with van der Waals surface area (Å²) in [5, 5.41) is 20.5. The Labute approximate surface area is 173 Å². The molecule has 0 aliphatic heterocycles. The smallest absolute Gasteiger partial charge is 0.269 e. The molecular weight excluding hydrogens is 424 g/mol. The fraction of sp³-hybridized carbons (Fsp3) is 0.0952. The van der Waals surface area contributed by atoms with Gasteiger partial charge in [-0.25, -0.2) is 4.57 Å². The highest BCUT2D eigenvalue weighted by Crippen LogP contribution is 2.27. The SMILES string of the molecule is COc1cc(/C=C/c2cc[n+](Cc3cccc([N+](=O)[O-])c3)cc2)ccc1O.[Br-]. The van der Waals surface area contributed by atoms with E-state index < -0.39 is 0 Å². The third-order valence-electron chi connectivity index (χ3n) is 4.08. The van der Waals surface area contributed by atoms with Gasteiger partial charge in [0, 0.05) is 29.8 Å². The van der Waals surface area contributed by atoms with Gasteiger partial charge >= 0.3 is 0 Å². The molecule has 0 unspecified atom stereocenters. The van der Waals surface area contributed by atoms with E-state index in [0.717, 1.165) is 16.7 Å². The molecule has 6 nitrogen and oxygen atoms in total. The Kier molecular flexibility index (Phi) is 7.28. The van der Waals surface area contributed by atoms with Gasteiger partial charge in [-0.1, -0.05) is 30.4 Å². The number of nitro benzene ring substituents is 1. The van der Waals surface area contributed by atoms with E-state index >= 15 is 0 Å². The van der Waals surface area contributed by atoms with Gasteiger partial charge < -0.3 is 26.8 Å². The molecule has 2 aromatic carbocycles. The Bertz CT molecular complexity index is 988. The molecule has 0 saturated carbocycles. The van der Waals surface area contributed by atoms with Crippen LogP contribution in [0.4, 0.5) is 5.69 Å². The molecule has 0 amide bonds. The lowest BCUT2D eigenvalue weighted by molar-refractivity contribution is -0.688. The summed E-state index contributed by atoms with van der Waals surface area (Å²) in [4.78, 5) is 10.5. The van der Waals surface area contributed by atoms with Crippen molar-refractivity contribution < 1.29 is 36.3 Å². The molecule has 1 aromatic heterocycles. The molecule has 0 spiro atoms. The standard InChI is InChI=1S/C21H18N2O4.BrH/c1-27-21-14-17(7-8-20(21)24)6-5-16-9-11-22(12-10-16)15-18-3-2-4-19(13-18)23(25)26;/h2-14H,15H2,1H3;1H. The zero-order valence-corrected chi connectivity index (χ0v) is 16.7. The van der Waals surface area contributed by atoms with Crippen LogP contribution >= 0.6 is 0 Å². The van der Waals surface area contributed by atoms with Gasteiger partial charge in [0.1, 0.15) is 0 Å². The number of nitrogens with zero attached hydrogens (tertiary/aromatic N) is 2. The number of non-ortho nitro benzene ring substituents is 1. The van der Waals surface area contributed by atoms with Gasteiger partial charge in [-0.15, -0.1) is 0 Å². The topological polar surface area (TPSA) is 76.5 Å². The van der Waals surface area contributed by atoms with E-state index in [0.29, 0.717) is 12.3 Å². The molecule has 28 heavy (non-hydrogen) atoms. The molecule has 0 fully saturated rings. The van der Waals surface area contributed by atoms with Gasteiger partial charge in [0.15, 0.2) is 30.4 Å². The maximum absolute atomic E-state index is 10.9. The van der Waals surface area contributed by atoms with Crippen molar-refractivity contribution >= 4 is 17.8 Å². The van der Waals surface area contributed by atoms with Gasteiger partial charge in [-0.05, 0) is 23.3 Å². The lowest BCUT2D eigenvalue weighted by atomic mass is 10.1. The van der Waals surface area contributed by atoms with Crippen molar-refractivity contribution in [3.05, 3.63) is 93.8 Å². The van der Waals surface area contributed by atoms with Crippen molar-refractivity contribution in [2.75, 3.05) is 7.11 Å². The summed E-state index contributed by atoms with van der Waals surface area (Å²) >= 11 is 0. The Morgan fingerprint density at radius 3 is 2.46 bits per heavy atom. The number of ether oxygens (including phenoxy) is 1. The second kappa shape index (κ2) is 9.66. The van der Waals surface area contributed by atoms with Crippen molar-refractivity contribution in [3.8, 4) is 11.5 Å². The molecule has 1 heterocycles. The lowest BCUT2D eigenvalue weighted by Gasteiger charge is -2.03. The van der Waals surface area contributed by atoms with E-state index in [2.05, 4.69) is 0 Å². The summed E-state index contributed by atoms with van der Waals surface area (Å²) in [6.07, 6.45) is 7.75. The summed E-state index contributed by atoms with van der Waals surface area (Å²) in [5.74, 6) is 0.538. The highest BCUT2D eigenvalue weighted by atomic mass is 79.9. The van der Waals surface area contributed by atoms with Crippen molar-refractivity contribution in [2.24, 2.45) is 0 Å². The largest absolute Gasteiger partial charge is 1.00 e. The molecule has 144 valence electrons. The van der Waals surface area contributed by atoms with Crippen LogP contribution in [0.1, 0.15) is 16.7 Å². The van der Waals surface area contributed by atoms with Crippen LogP contribution in [0, 0.1) is 10.1 Å². The number of hydrogen-bond acceptors (Lipinski definition) is 4. The number of hydrogen-bond donors (Lipinski definition) is 1. The fourth-order valence-corrected chi connectivity index (χ4v) is 2.65. The summed E-state index contributed by atoms with van der Waals surface area (Å²) < 4.78 is 7.06. The molecule has 0 atom stereocenters. The average Bonchev–Trinajstić information content (AvgIpc) is 2.68. The van der Waals surface area contributed by atoms with Gasteiger partial charge in [-0.3, -0.25) is 10.1 Å². The van der Waals surface area contributed by atoms with E-state index in [9.17, 15) is 15.2 Å².